The van der Waals surface area contributed by atoms with Crippen molar-refractivity contribution < 1.29 is 0 Å². The molecule has 0 aromatic carbocycles. The summed E-state index contributed by atoms with van der Waals surface area (Å²) in [4.78, 5) is 17.0. The third-order valence-corrected chi connectivity index (χ3v) is 3.09. The van der Waals surface area contributed by atoms with Gasteiger partial charge < -0.3 is 5.73 Å². The first kappa shape index (κ1) is 11.8. The zero-order chi connectivity index (χ0) is 13.4. The quantitative estimate of drug-likeness (QED) is 0.701. The van der Waals surface area contributed by atoms with Gasteiger partial charge in [0.25, 0.3) is 5.78 Å². The number of thioether (sulfide) groups is 1. The van der Waals surface area contributed by atoms with Crippen molar-refractivity contribution in [1.29, 1.82) is 0 Å². The van der Waals surface area contributed by atoms with E-state index in [1.54, 1.807) is 6.20 Å². The number of anilines is 1. The van der Waals surface area contributed by atoms with Crippen LogP contribution in [0.3, 0.4) is 0 Å². The number of nitrogens with two attached hydrogens (primary N) is 1. The van der Waals surface area contributed by atoms with Gasteiger partial charge in [0.1, 0.15) is 5.69 Å². The van der Waals surface area contributed by atoms with Crippen molar-refractivity contribution in [3.8, 4) is 11.5 Å². The Balaban J connectivity index is 2.19. The summed E-state index contributed by atoms with van der Waals surface area (Å²) in [6, 6.07) is 3.83. The van der Waals surface area contributed by atoms with Gasteiger partial charge in [-0.2, -0.15) is 19.5 Å². The molecule has 96 valence electrons. The van der Waals surface area contributed by atoms with Crippen LogP contribution in [-0.2, 0) is 0 Å². The molecule has 0 fully saturated rings. The van der Waals surface area contributed by atoms with E-state index in [1.165, 1.54) is 16.3 Å². The minimum Gasteiger partial charge on any atom is -0.368 e. The predicted molar refractivity (Wildman–Crippen MR) is 72.7 cm³/mol. The van der Waals surface area contributed by atoms with Gasteiger partial charge in [0, 0.05) is 6.20 Å². The van der Waals surface area contributed by atoms with Gasteiger partial charge in [0.05, 0.1) is 0 Å². The molecule has 0 spiro atoms. The van der Waals surface area contributed by atoms with Crippen molar-refractivity contribution in [1.82, 2.24) is 29.5 Å². The normalized spacial score (nSPS) is 11.1. The van der Waals surface area contributed by atoms with Gasteiger partial charge in [-0.1, -0.05) is 11.8 Å². The number of aromatic nitrogens is 6. The molecule has 0 bridgehead atoms. The Morgan fingerprint density at radius 3 is 2.84 bits per heavy atom. The van der Waals surface area contributed by atoms with Gasteiger partial charge in [-0.25, -0.2) is 0 Å². The summed E-state index contributed by atoms with van der Waals surface area (Å²) in [5.41, 5.74) is 7.61. The van der Waals surface area contributed by atoms with Crippen LogP contribution in [0.25, 0.3) is 17.3 Å². The number of pyridine rings is 1. The molecule has 19 heavy (non-hydrogen) atoms. The van der Waals surface area contributed by atoms with Crippen LogP contribution in [0.5, 0.6) is 0 Å². The van der Waals surface area contributed by atoms with Gasteiger partial charge in [-0.15, -0.1) is 5.10 Å². The molecule has 0 saturated heterocycles. The fourth-order valence-electron chi connectivity index (χ4n) is 1.64. The van der Waals surface area contributed by atoms with Crippen LogP contribution in [0, 0.1) is 6.92 Å². The van der Waals surface area contributed by atoms with Crippen LogP contribution in [0.2, 0.25) is 0 Å². The highest BCUT2D eigenvalue weighted by atomic mass is 32.2. The predicted octanol–water partition coefficient (Wildman–Crippen LogP) is 1.19. The molecular formula is C11H11N7S. The molecule has 0 saturated carbocycles. The summed E-state index contributed by atoms with van der Waals surface area (Å²) in [5, 5.41) is 4.85. The van der Waals surface area contributed by atoms with Crippen molar-refractivity contribution >= 4 is 23.5 Å². The van der Waals surface area contributed by atoms with E-state index in [0.717, 1.165) is 5.56 Å². The average Bonchev–Trinajstić information content (AvgIpc) is 2.83. The van der Waals surface area contributed by atoms with Gasteiger partial charge in [0.2, 0.25) is 11.8 Å². The van der Waals surface area contributed by atoms with E-state index in [2.05, 4.69) is 25.0 Å². The summed E-state index contributed by atoms with van der Waals surface area (Å²) in [5.74, 6) is 1.18. The molecule has 8 heteroatoms. The number of fused-ring (bicyclic) bond motifs is 1. The van der Waals surface area contributed by atoms with Crippen LogP contribution in [-0.4, -0.2) is 35.8 Å². The fourth-order valence-corrected chi connectivity index (χ4v) is 2.00. The summed E-state index contributed by atoms with van der Waals surface area (Å²) < 4.78 is 1.42. The lowest BCUT2D eigenvalue weighted by Crippen LogP contribution is -2.04. The highest BCUT2D eigenvalue weighted by molar-refractivity contribution is 7.98. The monoisotopic (exact) mass is 273 g/mol. The Hall–Kier alpha value is -2.22. The van der Waals surface area contributed by atoms with Crippen molar-refractivity contribution in [3.05, 3.63) is 23.9 Å². The molecule has 2 N–H and O–H groups in total. The van der Waals surface area contributed by atoms with Gasteiger partial charge >= 0.3 is 0 Å². The third kappa shape index (κ3) is 2.10. The topological polar surface area (TPSA) is 94.9 Å². The number of hydrogen-bond donors (Lipinski definition) is 1. The second-order valence-electron chi connectivity index (χ2n) is 3.93. The molecule has 3 heterocycles. The molecule has 3 aromatic rings. The van der Waals surface area contributed by atoms with Crippen molar-refractivity contribution in [2.45, 2.75) is 12.1 Å². The van der Waals surface area contributed by atoms with Crippen LogP contribution in [0.15, 0.2) is 23.5 Å². The third-order valence-electron chi connectivity index (χ3n) is 2.54. The first-order valence-electron chi connectivity index (χ1n) is 5.54. The molecule has 0 aliphatic rings. The molecule has 7 nitrogen and oxygen atoms in total. The molecule has 0 unspecified atom stereocenters. The first-order chi connectivity index (χ1) is 9.17. The molecule has 0 atom stereocenters. The van der Waals surface area contributed by atoms with Crippen molar-refractivity contribution in [2.24, 2.45) is 0 Å². The Morgan fingerprint density at radius 2 is 2.11 bits per heavy atom. The van der Waals surface area contributed by atoms with Gasteiger partial charge in [0.15, 0.2) is 5.16 Å². The van der Waals surface area contributed by atoms with E-state index < -0.39 is 0 Å². The van der Waals surface area contributed by atoms with Crippen molar-refractivity contribution in [2.75, 3.05) is 12.0 Å². The van der Waals surface area contributed by atoms with Crippen LogP contribution < -0.4 is 5.73 Å². The van der Waals surface area contributed by atoms with Crippen molar-refractivity contribution in [3.63, 3.8) is 0 Å². The van der Waals surface area contributed by atoms with E-state index in [9.17, 15) is 0 Å². The maximum atomic E-state index is 5.83. The molecule has 0 aliphatic carbocycles. The van der Waals surface area contributed by atoms with Gasteiger partial charge in [-0.3, -0.25) is 4.98 Å². The SMILES string of the molecule is CSc1nc(N)n2nc(-c3cc(C)ccn3)nc2n1. The summed E-state index contributed by atoms with van der Waals surface area (Å²) in [6.45, 7) is 1.99. The summed E-state index contributed by atoms with van der Waals surface area (Å²) in [7, 11) is 0. The van der Waals surface area contributed by atoms with E-state index in [0.29, 0.717) is 22.5 Å². The smallest absolute Gasteiger partial charge is 0.258 e. The zero-order valence-electron chi connectivity index (χ0n) is 10.4. The molecule has 3 aromatic heterocycles. The van der Waals surface area contributed by atoms with Crippen LogP contribution in [0.4, 0.5) is 5.95 Å². The number of nitrogen functional groups attached to an aromatic ring is 1. The number of rotatable bonds is 2. The molecule has 0 aliphatic heterocycles. The fraction of sp³-hybridized carbons (Fsp3) is 0.182. The molecular weight excluding hydrogens is 262 g/mol. The minimum atomic E-state index is 0.265. The Morgan fingerprint density at radius 1 is 1.26 bits per heavy atom. The highest BCUT2D eigenvalue weighted by Crippen LogP contribution is 2.17. The highest BCUT2D eigenvalue weighted by Gasteiger charge is 2.12. The lowest BCUT2D eigenvalue weighted by Gasteiger charge is -1.97. The van der Waals surface area contributed by atoms with E-state index >= 15 is 0 Å². The number of nitrogens with zero attached hydrogens (tertiary/aromatic N) is 6. The maximum Gasteiger partial charge on any atom is 0.258 e. The number of aryl methyl sites for hydroxylation is 1. The second kappa shape index (κ2) is 4.47. The molecule has 0 amide bonds. The second-order valence-corrected chi connectivity index (χ2v) is 4.71. The molecule has 3 rings (SSSR count). The lowest BCUT2D eigenvalue weighted by molar-refractivity contribution is 0.850. The summed E-state index contributed by atoms with van der Waals surface area (Å²) in [6.07, 6.45) is 3.60. The summed E-state index contributed by atoms with van der Waals surface area (Å²) >= 11 is 1.41. The van der Waals surface area contributed by atoms with Crippen LogP contribution in [0.1, 0.15) is 5.56 Å². The standard InChI is InChI=1S/C11H11N7S/c1-6-3-4-13-7(5-6)8-14-10-16-11(19-2)15-9(12)18(10)17-8/h3-5H,1-2H3,(H2,12,14,15,16,17). The van der Waals surface area contributed by atoms with E-state index in [1.807, 2.05) is 25.3 Å². The van der Waals surface area contributed by atoms with Gasteiger partial charge in [-0.05, 0) is 30.9 Å². The Kier molecular flexibility index (Phi) is 2.79. The zero-order valence-corrected chi connectivity index (χ0v) is 11.2. The minimum absolute atomic E-state index is 0.265. The van der Waals surface area contributed by atoms with E-state index in [-0.39, 0.29) is 5.95 Å². The maximum absolute atomic E-state index is 5.83. The molecule has 0 radical (unpaired) electrons. The Bertz CT molecular complexity index is 752. The largest absolute Gasteiger partial charge is 0.368 e. The van der Waals surface area contributed by atoms with Crippen LogP contribution >= 0.6 is 11.8 Å². The lowest BCUT2D eigenvalue weighted by atomic mass is 10.2. The first-order valence-corrected chi connectivity index (χ1v) is 6.77. The average molecular weight is 273 g/mol. The number of hydrogen-bond acceptors (Lipinski definition) is 7. The van der Waals surface area contributed by atoms with E-state index in [4.69, 9.17) is 5.73 Å². The Labute approximate surface area is 113 Å².